The lowest BCUT2D eigenvalue weighted by Gasteiger charge is -2.14. The van der Waals surface area contributed by atoms with Crippen molar-refractivity contribution in [1.82, 2.24) is 14.7 Å². The Hall–Kier alpha value is -0.760. The van der Waals surface area contributed by atoms with Gasteiger partial charge in [0.15, 0.2) is 5.78 Å². The molecule has 7 heteroatoms. The van der Waals surface area contributed by atoms with Gasteiger partial charge < -0.3 is 15.4 Å². The van der Waals surface area contributed by atoms with Gasteiger partial charge in [-0.2, -0.15) is 5.10 Å². The van der Waals surface area contributed by atoms with Crippen molar-refractivity contribution in [3.05, 3.63) is 16.4 Å². The molecule has 0 fully saturated rings. The topological polar surface area (TPSA) is 73.4 Å². The second-order valence-electron chi connectivity index (χ2n) is 4.62. The number of ether oxygens (including phenoxy) is 1. The zero-order valence-corrected chi connectivity index (χ0v) is 13.2. The maximum Gasteiger partial charge on any atom is 0.198 e. The number of Topliss-reactive ketones (excluding diaryl/α,β-unsaturated/α-hetero) is 1. The summed E-state index contributed by atoms with van der Waals surface area (Å²) in [5.74, 6) is -0.111. The van der Waals surface area contributed by atoms with Crippen molar-refractivity contribution in [3.63, 3.8) is 0 Å². The molecule has 0 aromatic carbocycles. The van der Waals surface area contributed by atoms with Gasteiger partial charge in [0.2, 0.25) is 0 Å². The van der Waals surface area contributed by atoms with Crippen LogP contribution in [0.25, 0.3) is 0 Å². The molecule has 19 heavy (non-hydrogen) atoms. The molecule has 1 aromatic heterocycles. The molecule has 0 radical (unpaired) electrons. The summed E-state index contributed by atoms with van der Waals surface area (Å²) in [5, 5.41) is 4.21. The van der Waals surface area contributed by atoms with Crippen molar-refractivity contribution in [3.8, 4) is 0 Å². The van der Waals surface area contributed by atoms with E-state index in [1.807, 2.05) is 19.0 Å². The van der Waals surface area contributed by atoms with Crippen molar-refractivity contribution in [2.24, 2.45) is 5.73 Å². The number of carbonyl (C=O) groups excluding carboxylic acids is 1. The first kappa shape index (κ1) is 16.3. The highest BCUT2D eigenvalue weighted by Crippen LogP contribution is 2.18. The van der Waals surface area contributed by atoms with Crippen molar-refractivity contribution < 1.29 is 9.53 Å². The molecule has 0 spiro atoms. The highest BCUT2D eigenvalue weighted by molar-refractivity contribution is 9.10. The second-order valence-corrected chi connectivity index (χ2v) is 5.47. The number of nitrogens with two attached hydrogens (primary N) is 1. The maximum absolute atomic E-state index is 12.3. The summed E-state index contributed by atoms with van der Waals surface area (Å²) in [6, 6.07) is -0.564. The van der Waals surface area contributed by atoms with Crippen LogP contribution in [0.15, 0.2) is 10.7 Å². The Morgan fingerprint density at radius 3 is 2.89 bits per heavy atom. The molecule has 0 bridgehead atoms. The molecule has 0 saturated heterocycles. The third-order valence-corrected chi connectivity index (χ3v) is 3.34. The van der Waals surface area contributed by atoms with Gasteiger partial charge in [0.25, 0.3) is 0 Å². The molecule has 0 saturated carbocycles. The largest absolute Gasteiger partial charge is 0.385 e. The van der Waals surface area contributed by atoms with Gasteiger partial charge in [-0.3, -0.25) is 9.48 Å². The Bertz CT molecular complexity index is 420. The highest BCUT2D eigenvalue weighted by atomic mass is 79.9. The van der Waals surface area contributed by atoms with Crippen LogP contribution in [0.5, 0.6) is 0 Å². The molecule has 1 heterocycles. The highest BCUT2D eigenvalue weighted by Gasteiger charge is 2.22. The molecule has 0 aliphatic carbocycles. The average molecular weight is 333 g/mol. The van der Waals surface area contributed by atoms with Gasteiger partial charge in [-0.05, 0) is 36.4 Å². The Labute approximate surface area is 122 Å². The summed E-state index contributed by atoms with van der Waals surface area (Å²) in [7, 11) is 5.54. The minimum Gasteiger partial charge on any atom is -0.385 e. The molecular weight excluding hydrogens is 312 g/mol. The van der Waals surface area contributed by atoms with Gasteiger partial charge >= 0.3 is 0 Å². The first-order valence-electron chi connectivity index (χ1n) is 6.12. The number of likely N-dealkylation sites (N-methyl/N-ethyl adjacent to an activating group) is 1. The minimum atomic E-state index is -0.564. The van der Waals surface area contributed by atoms with Gasteiger partial charge in [0.1, 0.15) is 5.69 Å². The van der Waals surface area contributed by atoms with E-state index in [2.05, 4.69) is 21.0 Å². The lowest BCUT2D eigenvalue weighted by Crippen LogP contribution is -2.34. The van der Waals surface area contributed by atoms with Crippen LogP contribution >= 0.6 is 15.9 Å². The monoisotopic (exact) mass is 332 g/mol. The average Bonchev–Trinajstić information content (AvgIpc) is 2.73. The van der Waals surface area contributed by atoms with Crippen LogP contribution in [0.2, 0.25) is 0 Å². The summed E-state index contributed by atoms with van der Waals surface area (Å²) in [5.41, 5.74) is 6.42. The van der Waals surface area contributed by atoms with Crippen LogP contribution in [0.3, 0.4) is 0 Å². The predicted molar refractivity (Wildman–Crippen MR) is 77.3 cm³/mol. The molecule has 0 aliphatic heterocycles. The van der Waals surface area contributed by atoms with Crippen molar-refractivity contribution in [1.29, 1.82) is 0 Å². The number of halogens is 1. The minimum absolute atomic E-state index is 0.111. The standard InChI is InChI=1S/C12H21BrN4O2/c1-16(2)5-6-17-11(9(13)8-15-17)12(18)10(14)4-7-19-3/h8,10H,4-7,14H2,1-3H3. The summed E-state index contributed by atoms with van der Waals surface area (Å²) in [6.07, 6.45) is 2.13. The molecule has 1 atom stereocenters. The molecule has 0 aliphatic rings. The van der Waals surface area contributed by atoms with E-state index in [0.29, 0.717) is 29.7 Å². The fourth-order valence-electron chi connectivity index (χ4n) is 1.62. The van der Waals surface area contributed by atoms with Gasteiger partial charge in [-0.25, -0.2) is 0 Å². The van der Waals surface area contributed by atoms with E-state index >= 15 is 0 Å². The number of ketones is 1. The first-order chi connectivity index (χ1) is 8.97. The Morgan fingerprint density at radius 2 is 2.32 bits per heavy atom. The third-order valence-electron chi connectivity index (χ3n) is 2.76. The van der Waals surface area contributed by atoms with Gasteiger partial charge in [-0.15, -0.1) is 0 Å². The van der Waals surface area contributed by atoms with Crippen molar-refractivity contribution in [2.75, 3.05) is 34.4 Å². The summed E-state index contributed by atoms with van der Waals surface area (Å²) in [4.78, 5) is 14.3. The van der Waals surface area contributed by atoms with E-state index in [9.17, 15) is 4.79 Å². The number of hydrogen-bond donors (Lipinski definition) is 1. The molecule has 6 nitrogen and oxygen atoms in total. The molecule has 2 N–H and O–H groups in total. The van der Waals surface area contributed by atoms with E-state index in [4.69, 9.17) is 10.5 Å². The normalized spacial score (nSPS) is 12.9. The Morgan fingerprint density at radius 1 is 1.63 bits per heavy atom. The number of rotatable bonds is 8. The molecule has 108 valence electrons. The fourth-order valence-corrected chi connectivity index (χ4v) is 2.11. The van der Waals surface area contributed by atoms with Crippen LogP contribution < -0.4 is 5.73 Å². The predicted octanol–water partition coefficient (Wildman–Crippen LogP) is 0.754. The van der Waals surface area contributed by atoms with Gasteiger partial charge in [0.05, 0.1) is 23.3 Å². The molecule has 1 aromatic rings. The number of nitrogens with zero attached hydrogens (tertiary/aromatic N) is 3. The van der Waals surface area contributed by atoms with E-state index in [0.717, 1.165) is 6.54 Å². The van der Waals surface area contributed by atoms with E-state index < -0.39 is 6.04 Å². The summed E-state index contributed by atoms with van der Waals surface area (Å²) in [6.45, 7) is 1.93. The van der Waals surface area contributed by atoms with Gasteiger partial charge in [0, 0.05) is 20.3 Å². The van der Waals surface area contributed by atoms with Crippen LogP contribution in [0.1, 0.15) is 16.9 Å². The second kappa shape index (κ2) is 7.74. The molecule has 1 unspecified atom stereocenters. The smallest absolute Gasteiger partial charge is 0.198 e. The number of methoxy groups -OCH3 is 1. The van der Waals surface area contributed by atoms with E-state index in [1.54, 1.807) is 18.0 Å². The molecule has 0 amide bonds. The van der Waals surface area contributed by atoms with Crippen molar-refractivity contribution >= 4 is 21.7 Å². The lowest BCUT2D eigenvalue weighted by molar-refractivity contribution is 0.0923. The molecule has 1 rings (SSSR count). The molecular formula is C12H21BrN4O2. The quantitative estimate of drug-likeness (QED) is 0.711. The van der Waals surface area contributed by atoms with Crippen LogP contribution in [0, 0.1) is 0 Å². The van der Waals surface area contributed by atoms with Crippen LogP contribution in [0.4, 0.5) is 0 Å². The first-order valence-corrected chi connectivity index (χ1v) is 6.91. The number of hydrogen-bond acceptors (Lipinski definition) is 5. The number of aromatic nitrogens is 2. The maximum atomic E-state index is 12.3. The fraction of sp³-hybridized carbons (Fsp3) is 0.667. The summed E-state index contributed by atoms with van der Waals surface area (Å²) >= 11 is 3.36. The van der Waals surface area contributed by atoms with Crippen LogP contribution in [-0.4, -0.2) is 60.9 Å². The SMILES string of the molecule is COCCC(N)C(=O)c1c(Br)cnn1CCN(C)C. The zero-order chi connectivity index (χ0) is 14.4. The third kappa shape index (κ3) is 4.68. The Kier molecular flexibility index (Phi) is 6.64. The number of carbonyl (C=O) groups is 1. The van der Waals surface area contributed by atoms with E-state index in [1.165, 1.54) is 0 Å². The lowest BCUT2D eigenvalue weighted by atomic mass is 10.1. The Balaban J connectivity index is 2.80. The zero-order valence-electron chi connectivity index (χ0n) is 11.6. The van der Waals surface area contributed by atoms with Crippen molar-refractivity contribution in [2.45, 2.75) is 19.0 Å². The summed E-state index contributed by atoms with van der Waals surface area (Å²) < 4.78 is 7.32. The van der Waals surface area contributed by atoms with Crippen LogP contribution in [-0.2, 0) is 11.3 Å². The van der Waals surface area contributed by atoms with E-state index in [-0.39, 0.29) is 5.78 Å². The van der Waals surface area contributed by atoms with Gasteiger partial charge in [-0.1, -0.05) is 0 Å².